The van der Waals surface area contributed by atoms with E-state index in [1.807, 2.05) is 20.8 Å². The van der Waals surface area contributed by atoms with Gasteiger partial charge in [-0.15, -0.1) is 0 Å². The van der Waals surface area contributed by atoms with Gasteiger partial charge in [0.05, 0.1) is 17.7 Å². The third-order valence-electron chi connectivity index (χ3n) is 4.59. The Balaban J connectivity index is 2.35. The summed E-state index contributed by atoms with van der Waals surface area (Å²) in [5.74, 6) is 0.266. The quantitative estimate of drug-likeness (QED) is 0.743. The van der Waals surface area contributed by atoms with Crippen LogP contribution >= 0.6 is 0 Å². The Bertz CT molecular complexity index is 937. The summed E-state index contributed by atoms with van der Waals surface area (Å²) in [6.45, 7) is 7.33. The van der Waals surface area contributed by atoms with Crippen molar-refractivity contribution < 1.29 is 17.9 Å². The monoisotopic (exact) mass is 390 g/mol. The number of benzene rings is 2. The first-order valence-electron chi connectivity index (χ1n) is 8.68. The van der Waals surface area contributed by atoms with E-state index in [0.29, 0.717) is 29.1 Å². The van der Waals surface area contributed by atoms with E-state index in [0.717, 1.165) is 0 Å². The Hall–Kier alpha value is -2.54. The van der Waals surface area contributed by atoms with E-state index >= 15 is 0 Å². The number of carbonyl (C=O) groups excluding carboxylic acids is 1. The van der Waals surface area contributed by atoms with E-state index in [1.54, 1.807) is 43.3 Å². The summed E-state index contributed by atoms with van der Waals surface area (Å²) in [5.41, 5.74) is 0.818. The first-order chi connectivity index (χ1) is 12.6. The van der Waals surface area contributed by atoms with Gasteiger partial charge in [-0.3, -0.25) is 9.52 Å². The van der Waals surface area contributed by atoms with Crippen LogP contribution in [0.3, 0.4) is 0 Å². The van der Waals surface area contributed by atoms with E-state index in [4.69, 9.17) is 4.74 Å². The topological polar surface area (TPSA) is 84.5 Å². The number of nitrogens with one attached hydrogen (secondary N) is 2. The van der Waals surface area contributed by atoms with Crippen molar-refractivity contribution in [3.05, 3.63) is 48.0 Å². The molecule has 2 aromatic carbocycles. The van der Waals surface area contributed by atoms with Crippen LogP contribution in [0.5, 0.6) is 5.75 Å². The summed E-state index contributed by atoms with van der Waals surface area (Å²) in [7, 11) is -2.38. The van der Waals surface area contributed by atoms with Crippen LogP contribution in [0, 0.1) is 12.3 Å². The van der Waals surface area contributed by atoms with Crippen molar-refractivity contribution in [2.75, 3.05) is 17.1 Å². The van der Waals surface area contributed by atoms with E-state index in [1.165, 1.54) is 13.2 Å². The first-order valence-corrected chi connectivity index (χ1v) is 10.2. The van der Waals surface area contributed by atoms with Crippen LogP contribution in [-0.4, -0.2) is 21.4 Å². The van der Waals surface area contributed by atoms with Gasteiger partial charge in [0.15, 0.2) is 0 Å². The standard InChI is InChI=1S/C20H26N2O4S/c1-6-20(3,4)19(23)21-15-12-11-14(2)18(13-15)27(24,25)22-16-9-7-8-10-17(16)26-5/h7-13,22H,6H2,1-5H3,(H,21,23). The maximum atomic E-state index is 12.9. The van der Waals surface area contributed by atoms with E-state index in [-0.39, 0.29) is 10.8 Å². The molecule has 0 heterocycles. The fourth-order valence-electron chi connectivity index (χ4n) is 2.36. The molecule has 0 aliphatic rings. The van der Waals surface area contributed by atoms with Crippen LogP contribution in [0.25, 0.3) is 0 Å². The Morgan fingerprint density at radius 1 is 1.15 bits per heavy atom. The predicted molar refractivity (Wildman–Crippen MR) is 108 cm³/mol. The van der Waals surface area contributed by atoms with Crippen molar-refractivity contribution >= 4 is 27.3 Å². The van der Waals surface area contributed by atoms with Crippen LogP contribution < -0.4 is 14.8 Å². The lowest BCUT2D eigenvalue weighted by Gasteiger charge is -2.22. The van der Waals surface area contributed by atoms with Crippen molar-refractivity contribution in [1.82, 2.24) is 0 Å². The molecule has 0 radical (unpaired) electrons. The number of ether oxygens (including phenoxy) is 1. The lowest BCUT2D eigenvalue weighted by Crippen LogP contribution is -2.30. The predicted octanol–water partition coefficient (Wildman–Crippen LogP) is 4.18. The van der Waals surface area contributed by atoms with Crippen molar-refractivity contribution in [2.24, 2.45) is 5.41 Å². The third-order valence-corrected chi connectivity index (χ3v) is 6.09. The van der Waals surface area contributed by atoms with E-state index in [9.17, 15) is 13.2 Å². The number of methoxy groups -OCH3 is 1. The molecule has 1 amide bonds. The van der Waals surface area contributed by atoms with Gasteiger partial charge in [-0.1, -0.05) is 39.0 Å². The lowest BCUT2D eigenvalue weighted by molar-refractivity contribution is -0.124. The van der Waals surface area contributed by atoms with Crippen molar-refractivity contribution in [3.8, 4) is 5.75 Å². The molecule has 2 N–H and O–H groups in total. The molecule has 27 heavy (non-hydrogen) atoms. The number of para-hydroxylation sites is 2. The zero-order valence-electron chi connectivity index (χ0n) is 16.3. The Morgan fingerprint density at radius 3 is 2.44 bits per heavy atom. The maximum absolute atomic E-state index is 12.9. The molecule has 0 aliphatic carbocycles. The number of anilines is 2. The normalized spacial score (nSPS) is 11.7. The van der Waals surface area contributed by atoms with Crippen LogP contribution in [0.1, 0.15) is 32.8 Å². The molecule has 146 valence electrons. The first kappa shape index (κ1) is 20.8. The SMILES string of the molecule is CCC(C)(C)C(=O)Nc1ccc(C)c(S(=O)(=O)Nc2ccccc2OC)c1. The van der Waals surface area contributed by atoms with Crippen molar-refractivity contribution in [1.29, 1.82) is 0 Å². The van der Waals surface area contributed by atoms with Gasteiger partial charge >= 0.3 is 0 Å². The average Bonchev–Trinajstić information content (AvgIpc) is 2.63. The molecule has 6 nitrogen and oxygen atoms in total. The van der Waals surface area contributed by atoms with Crippen molar-refractivity contribution in [3.63, 3.8) is 0 Å². The molecular formula is C20H26N2O4S. The summed E-state index contributed by atoms with van der Waals surface area (Å²) < 4.78 is 33.6. The fourth-order valence-corrected chi connectivity index (χ4v) is 3.70. The minimum atomic E-state index is -3.86. The molecule has 0 saturated carbocycles. The number of carbonyl (C=O) groups is 1. The van der Waals surface area contributed by atoms with E-state index in [2.05, 4.69) is 10.0 Å². The van der Waals surface area contributed by atoms with Crippen LogP contribution in [0.2, 0.25) is 0 Å². The van der Waals surface area contributed by atoms with Gasteiger partial charge in [0.25, 0.3) is 10.0 Å². The smallest absolute Gasteiger partial charge is 0.262 e. The maximum Gasteiger partial charge on any atom is 0.262 e. The minimum Gasteiger partial charge on any atom is -0.495 e. The summed E-state index contributed by atoms with van der Waals surface area (Å²) in [4.78, 5) is 12.5. The van der Waals surface area contributed by atoms with E-state index < -0.39 is 15.4 Å². The Labute approximate surface area is 161 Å². The molecule has 7 heteroatoms. The Morgan fingerprint density at radius 2 is 1.81 bits per heavy atom. The Kier molecular flexibility index (Phi) is 6.15. The molecular weight excluding hydrogens is 364 g/mol. The summed E-state index contributed by atoms with van der Waals surface area (Å²) >= 11 is 0. The molecule has 0 bridgehead atoms. The molecule has 0 aliphatic heterocycles. The third kappa shape index (κ3) is 4.80. The zero-order chi connectivity index (χ0) is 20.2. The molecule has 0 atom stereocenters. The van der Waals surface area contributed by atoms with Crippen molar-refractivity contribution in [2.45, 2.75) is 39.0 Å². The fraction of sp³-hybridized carbons (Fsp3) is 0.350. The van der Waals surface area contributed by atoms with Gasteiger partial charge in [0.1, 0.15) is 5.75 Å². The number of aryl methyl sites for hydroxylation is 1. The minimum absolute atomic E-state index is 0.0977. The average molecular weight is 391 g/mol. The molecule has 0 spiro atoms. The summed E-state index contributed by atoms with van der Waals surface area (Å²) in [6, 6.07) is 11.6. The molecule has 0 saturated heterocycles. The second kappa shape index (κ2) is 8.00. The van der Waals surface area contributed by atoms with Gasteiger partial charge in [-0.05, 0) is 43.2 Å². The number of rotatable bonds is 7. The molecule has 0 fully saturated rings. The van der Waals surface area contributed by atoms with Gasteiger partial charge < -0.3 is 10.1 Å². The molecule has 2 rings (SSSR count). The van der Waals surface area contributed by atoms with Gasteiger partial charge in [0.2, 0.25) is 5.91 Å². The number of hydrogen-bond acceptors (Lipinski definition) is 4. The number of amides is 1. The highest BCUT2D eigenvalue weighted by atomic mass is 32.2. The lowest BCUT2D eigenvalue weighted by atomic mass is 9.89. The van der Waals surface area contributed by atoms with Crippen LogP contribution in [0.4, 0.5) is 11.4 Å². The van der Waals surface area contributed by atoms with Gasteiger partial charge in [-0.2, -0.15) is 0 Å². The van der Waals surface area contributed by atoms with Crippen LogP contribution in [0.15, 0.2) is 47.4 Å². The molecule has 0 aromatic heterocycles. The van der Waals surface area contributed by atoms with Crippen LogP contribution in [-0.2, 0) is 14.8 Å². The summed E-state index contributed by atoms with van der Waals surface area (Å²) in [5, 5.41) is 2.80. The zero-order valence-corrected chi connectivity index (χ0v) is 17.1. The second-order valence-corrected chi connectivity index (χ2v) is 8.63. The largest absolute Gasteiger partial charge is 0.495 e. The van der Waals surface area contributed by atoms with Gasteiger partial charge in [0, 0.05) is 11.1 Å². The highest BCUT2D eigenvalue weighted by molar-refractivity contribution is 7.92. The second-order valence-electron chi connectivity index (χ2n) is 6.98. The summed E-state index contributed by atoms with van der Waals surface area (Å²) in [6.07, 6.45) is 0.672. The molecule has 0 unspecified atom stereocenters. The van der Waals surface area contributed by atoms with Gasteiger partial charge in [-0.25, -0.2) is 8.42 Å². The number of sulfonamides is 1. The highest BCUT2D eigenvalue weighted by Crippen LogP contribution is 2.29. The molecule has 2 aromatic rings. The number of hydrogen-bond donors (Lipinski definition) is 2. The highest BCUT2D eigenvalue weighted by Gasteiger charge is 2.26.